The zero-order chi connectivity index (χ0) is 34.0. The van der Waals surface area contributed by atoms with Crippen LogP contribution in [0, 0.1) is 0 Å². The zero-order valence-corrected chi connectivity index (χ0v) is 27.9. The van der Waals surface area contributed by atoms with Gasteiger partial charge in [-0.2, -0.15) is 0 Å². The number of carboxylic acid groups (broad SMARTS) is 1. The minimum absolute atomic E-state index is 0.0591. The van der Waals surface area contributed by atoms with Crippen molar-refractivity contribution in [1.82, 2.24) is 25.5 Å². The van der Waals surface area contributed by atoms with Crippen LogP contribution in [0.1, 0.15) is 70.6 Å². The van der Waals surface area contributed by atoms with E-state index in [1.54, 1.807) is 6.20 Å². The molecular formula is C36H39N5O7S. The highest BCUT2D eigenvalue weighted by molar-refractivity contribution is 7.17. The number of carbonyl (C=O) groups excluding carboxylic acids is 3. The Bertz CT molecular complexity index is 1820. The molecule has 2 aliphatic heterocycles. The molecular weight excluding hydrogens is 646 g/mol. The average Bonchev–Trinajstić information content (AvgIpc) is 3.54. The second-order valence-electron chi connectivity index (χ2n) is 13.2. The van der Waals surface area contributed by atoms with Crippen LogP contribution in [0.25, 0.3) is 21.6 Å². The van der Waals surface area contributed by atoms with Gasteiger partial charge in [-0.25, -0.2) is 14.6 Å². The summed E-state index contributed by atoms with van der Waals surface area (Å²) in [6, 6.07) is 7.32. The lowest BCUT2D eigenvalue weighted by atomic mass is 10.1. The first-order valence-electron chi connectivity index (χ1n) is 17.0. The minimum Gasteiger partial charge on any atom is -0.487 e. The van der Waals surface area contributed by atoms with Gasteiger partial charge in [-0.15, -0.1) is 17.1 Å². The summed E-state index contributed by atoms with van der Waals surface area (Å²) in [6.07, 6.45) is 9.25. The number of alkyl carbamates (subject to hydrolysis) is 1. The van der Waals surface area contributed by atoms with Gasteiger partial charge in [0.2, 0.25) is 11.8 Å². The number of hydrogen-bond acceptors (Lipinski definition) is 9. The first-order valence-corrected chi connectivity index (χ1v) is 17.9. The van der Waals surface area contributed by atoms with Gasteiger partial charge in [0.1, 0.15) is 30.0 Å². The summed E-state index contributed by atoms with van der Waals surface area (Å²) in [7, 11) is 0. The molecule has 0 radical (unpaired) electrons. The molecule has 3 aromatic heterocycles. The van der Waals surface area contributed by atoms with Gasteiger partial charge in [0, 0.05) is 30.7 Å². The van der Waals surface area contributed by atoms with E-state index >= 15 is 0 Å². The van der Waals surface area contributed by atoms with E-state index in [9.17, 15) is 24.3 Å². The monoisotopic (exact) mass is 685 g/mol. The smallest absolute Gasteiger partial charge is 0.408 e. The molecule has 0 bridgehead atoms. The lowest BCUT2D eigenvalue weighted by Crippen LogP contribution is -2.56. The van der Waals surface area contributed by atoms with Crippen molar-refractivity contribution in [3.8, 4) is 17.1 Å². The molecule has 7 rings (SSSR count). The van der Waals surface area contributed by atoms with E-state index in [2.05, 4.69) is 21.3 Å². The fourth-order valence-corrected chi connectivity index (χ4v) is 7.83. The molecule has 3 aromatic rings. The highest BCUT2D eigenvalue weighted by Crippen LogP contribution is 2.43. The van der Waals surface area contributed by atoms with Gasteiger partial charge in [-0.05, 0) is 74.6 Å². The van der Waals surface area contributed by atoms with Crippen LogP contribution in [0.5, 0.6) is 5.75 Å². The molecule has 2 saturated carbocycles. The number of carbonyl (C=O) groups is 4. The summed E-state index contributed by atoms with van der Waals surface area (Å²) >= 11 is 1.47. The number of ether oxygens (including phenoxy) is 2. The molecule has 3 amide bonds. The minimum atomic E-state index is -1.56. The molecule has 4 atom stereocenters. The van der Waals surface area contributed by atoms with Crippen LogP contribution < -0.4 is 15.4 Å². The quantitative estimate of drug-likeness (QED) is 0.299. The van der Waals surface area contributed by atoms with Crippen molar-refractivity contribution in [2.45, 2.75) is 100 Å². The summed E-state index contributed by atoms with van der Waals surface area (Å²) < 4.78 is 13.0. The Hall–Kier alpha value is -4.74. The predicted molar refractivity (Wildman–Crippen MR) is 181 cm³/mol. The summed E-state index contributed by atoms with van der Waals surface area (Å²) in [6.45, 7) is 0.0591. The van der Waals surface area contributed by atoms with Gasteiger partial charge in [0.25, 0.3) is 0 Å². The number of aromatic nitrogens is 2. The third kappa shape index (κ3) is 7.04. The largest absolute Gasteiger partial charge is 0.487 e. The standard InChI is InChI=1S/C36H39N5O7S/c42-32-29-18-24(47-30-19-28(25-13-8-9-16-37-25)38-26-15-17-49-31(26)30)21-41(29)33(43)27(39-35(46)48-23-11-6-7-12-23)14-5-3-1-2-4-10-22-20-36(22,40-32)34(44)45/h4,8-9,13,15-17,19,23-24,27,29H,1-3,5-7,11-12,14,18,20-21H2,(H,39,46)(H,40,42)(H,44,45)/t10?,24-,27+,29+,36-/m1/s1. The third-order valence-electron chi connectivity index (χ3n) is 9.76. The van der Waals surface area contributed by atoms with E-state index in [0.717, 1.165) is 48.7 Å². The topological polar surface area (TPSA) is 160 Å². The number of aliphatic carboxylic acids is 1. The predicted octanol–water partition coefficient (Wildman–Crippen LogP) is 5.13. The molecule has 0 unspecified atom stereocenters. The Kier molecular flexibility index (Phi) is 9.38. The van der Waals surface area contributed by atoms with Crippen molar-refractivity contribution < 1.29 is 33.8 Å². The van der Waals surface area contributed by atoms with Gasteiger partial charge in [0.15, 0.2) is 5.54 Å². The number of nitrogens with one attached hydrogen (secondary N) is 2. The molecule has 0 spiro atoms. The van der Waals surface area contributed by atoms with Gasteiger partial charge >= 0.3 is 12.1 Å². The zero-order valence-electron chi connectivity index (χ0n) is 27.1. The number of nitrogens with zero attached hydrogens (tertiary/aromatic N) is 3. The fourth-order valence-electron chi connectivity index (χ4n) is 7.04. The Morgan fingerprint density at radius 1 is 1.06 bits per heavy atom. The van der Waals surface area contributed by atoms with E-state index < -0.39 is 47.6 Å². The van der Waals surface area contributed by atoms with Crippen molar-refractivity contribution in [2.75, 3.05) is 6.54 Å². The highest BCUT2D eigenvalue weighted by Gasteiger charge is 2.59. The van der Waals surface area contributed by atoms with Crippen LogP contribution in [0.2, 0.25) is 0 Å². The molecule has 4 aliphatic rings. The van der Waals surface area contributed by atoms with E-state index in [0.29, 0.717) is 42.0 Å². The summed E-state index contributed by atoms with van der Waals surface area (Å²) in [5.74, 6) is -1.64. The van der Waals surface area contributed by atoms with Crippen LogP contribution >= 0.6 is 11.3 Å². The number of fused-ring (bicyclic) bond motifs is 3. The van der Waals surface area contributed by atoms with Crippen LogP contribution in [-0.2, 0) is 19.1 Å². The summed E-state index contributed by atoms with van der Waals surface area (Å²) in [4.78, 5) is 64.4. The van der Waals surface area contributed by atoms with Crippen LogP contribution in [0.4, 0.5) is 4.79 Å². The molecule has 256 valence electrons. The number of rotatable bonds is 6. The third-order valence-corrected chi connectivity index (χ3v) is 10.7. The number of hydrogen-bond donors (Lipinski definition) is 3. The maximum absolute atomic E-state index is 14.4. The van der Waals surface area contributed by atoms with Crippen molar-refractivity contribution in [2.24, 2.45) is 0 Å². The van der Waals surface area contributed by atoms with Crippen molar-refractivity contribution >= 4 is 45.4 Å². The lowest BCUT2D eigenvalue weighted by molar-refractivity contribution is -0.145. The molecule has 13 heteroatoms. The Labute approximate surface area is 287 Å². The Balaban J connectivity index is 1.18. The number of carboxylic acids is 1. The van der Waals surface area contributed by atoms with Crippen molar-refractivity contribution in [3.05, 3.63) is 59.3 Å². The van der Waals surface area contributed by atoms with Crippen LogP contribution in [0.3, 0.4) is 0 Å². The van der Waals surface area contributed by atoms with Gasteiger partial charge in [-0.3, -0.25) is 14.6 Å². The van der Waals surface area contributed by atoms with Gasteiger partial charge in [0.05, 0.1) is 28.1 Å². The van der Waals surface area contributed by atoms with Crippen LogP contribution in [-0.4, -0.2) is 80.2 Å². The summed E-state index contributed by atoms with van der Waals surface area (Å²) in [5.41, 5.74) is 4.06. The second kappa shape index (κ2) is 14.0. The van der Waals surface area contributed by atoms with E-state index in [4.69, 9.17) is 14.5 Å². The molecule has 12 nitrogen and oxygen atoms in total. The normalized spacial score (nSPS) is 26.2. The fraction of sp³-hybridized carbons (Fsp3) is 0.472. The molecule has 3 fully saturated rings. The summed E-state index contributed by atoms with van der Waals surface area (Å²) in [5, 5.41) is 17.6. The molecule has 2 aliphatic carbocycles. The highest BCUT2D eigenvalue weighted by atomic mass is 32.1. The number of pyridine rings is 2. The first kappa shape index (κ1) is 32.8. The molecule has 1 saturated heterocycles. The first-order chi connectivity index (χ1) is 23.8. The molecule has 0 aromatic carbocycles. The molecule has 3 N–H and O–H groups in total. The average molecular weight is 686 g/mol. The van der Waals surface area contributed by atoms with Crippen LogP contribution in [0.15, 0.2) is 59.3 Å². The van der Waals surface area contributed by atoms with E-state index in [1.165, 1.54) is 16.2 Å². The van der Waals surface area contributed by atoms with Gasteiger partial charge < -0.3 is 30.1 Å². The maximum atomic E-state index is 14.4. The SMILES string of the molecule is O=C(N[C@H]1CCCCCC=C=C2C[C@@]2(C(=O)O)NC(=O)[C@@H]2C[C@@H](Oc3cc(-c4ccccn4)nc4ccsc34)CN2C1=O)OC1CCCC1. The Morgan fingerprint density at radius 3 is 2.69 bits per heavy atom. The van der Waals surface area contributed by atoms with E-state index in [1.807, 2.05) is 41.8 Å². The lowest BCUT2D eigenvalue weighted by Gasteiger charge is -2.29. The molecule has 5 heterocycles. The van der Waals surface area contributed by atoms with Crippen molar-refractivity contribution in [1.29, 1.82) is 0 Å². The maximum Gasteiger partial charge on any atom is 0.408 e. The second-order valence-corrected chi connectivity index (χ2v) is 14.1. The van der Waals surface area contributed by atoms with Gasteiger partial charge in [-0.1, -0.05) is 18.9 Å². The molecule has 49 heavy (non-hydrogen) atoms. The van der Waals surface area contributed by atoms with E-state index in [-0.39, 0.29) is 25.5 Å². The number of thiophene rings is 1. The Morgan fingerprint density at radius 2 is 1.90 bits per heavy atom. The number of amides is 3. The van der Waals surface area contributed by atoms with Crippen molar-refractivity contribution in [3.63, 3.8) is 0 Å².